The summed E-state index contributed by atoms with van der Waals surface area (Å²) in [4.78, 5) is 19.2. The highest BCUT2D eigenvalue weighted by Gasteiger charge is 2.30. The third-order valence-corrected chi connectivity index (χ3v) is 6.90. The number of carbonyl (C=O) groups excluding carboxylic acids is 1. The third kappa shape index (κ3) is 8.36. The van der Waals surface area contributed by atoms with Crippen LogP contribution in [0, 0.1) is 5.92 Å². The Morgan fingerprint density at radius 1 is 1.19 bits per heavy atom. The van der Waals surface area contributed by atoms with Crippen LogP contribution in [0.15, 0.2) is 35.3 Å². The van der Waals surface area contributed by atoms with Crippen molar-refractivity contribution in [3.8, 4) is 5.75 Å². The quantitative estimate of drug-likeness (QED) is 0.302. The van der Waals surface area contributed by atoms with Gasteiger partial charge in [-0.1, -0.05) is 25.1 Å². The van der Waals surface area contributed by atoms with Crippen LogP contribution < -0.4 is 15.4 Å². The first kappa shape index (κ1) is 26.1. The van der Waals surface area contributed by atoms with E-state index in [1.807, 2.05) is 42.1 Å². The summed E-state index contributed by atoms with van der Waals surface area (Å²) in [5, 5.41) is 6.95. The molecule has 174 valence electrons. The van der Waals surface area contributed by atoms with Crippen molar-refractivity contribution in [2.45, 2.75) is 51.2 Å². The zero-order valence-electron chi connectivity index (χ0n) is 18.7. The van der Waals surface area contributed by atoms with E-state index in [0.29, 0.717) is 18.5 Å². The molecular formula is C23H37IN4O2S. The minimum Gasteiger partial charge on any atom is -0.489 e. The molecule has 1 saturated heterocycles. The van der Waals surface area contributed by atoms with Gasteiger partial charge in [0.05, 0.1) is 6.54 Å². The van der Waals surface area contributed by atoms with Crippen LogP contribution in [0.4, 0.5) is 0 Å². The van der Waals surface area contributed by atoms with Crippen LogP contribution in [-0.2, 0) is 4.79 Å². The molecule has 1 saturated carbocycles. The van der Waals surface area contributed by atoms with Crippen molar-refractivity contribution in [2.75, 3.05) is 38.2 Å². The van der Waals surface area contributed by atoms with Gasteiger partial charge in [-0.15, -0.1) is 24.0 Å². The lowest BCUT2D eigenvalue weighted by molar-refractivity contribution is -0.136. The molecule has 6 nitrogen and oxygen atoms in total. The van der Waals surface area contributed by atoms with E-state index in [4.69, 9.17) is 4.74 Å². The molecule has 1 amide bonds. The predicted molar refractivity (Wildman–Crippen MR) is 141 cm³/mol. The van der Waals surface area contributed by atoms with Crippen LogP contribution in [0.5, 0.6) is 5.75 Å². The Morgan fingerprint density at radius 2 is 1.87 bits per heavy atom. The molecule has 1 aromatic carbocycles. The van der Waals surface area contributed by atoms with Gasteiger partial charge >= 0.3 is 0 Å². The summed E-state index contributed by atoms with van der Waals surface area (Å²) < 4.78 is 6.06. The summed E-state index contributed by atoms with van der Waals surface area (Å²) in [7, 11) is 1.80. The van der Waals surface area contributed by atoms with E-state index in [2.05, 4.69) is 27.4 Å². The first-order valence-corrected chi connectivity index (χ1v) is 12.4. The number of amides is 1. The van der Waals surface area contributed by atoms with E-state index in [9.17, 15) is 4.79 Å². The number of para-hydroxylation sites is 1. The lowest BCUT2D eigenvalue weighted by Gasteiger charge is -2.34. The van der Waals surface area contributed by atoms with Crippen LogP contribution >= 0.6 is 35.7 Å². The second-order valence-corrected chi connectivity index (χ2v) is 9.27. The first-order valence-electron chi connectivity index (χ1n) is 11.2. The van der Waals surface area contributed by atoms with Gasteiger partial charge in [-0.3, -0.25) is 9.79 Å². The van der Waals surface area contributed by atoms with Gasteiger partial charge in [-0.25, -0.2) is 0 Å². The van der Waals surface area contributed by atoms with Crippen LogP contribution in [0.25, 0.3) is 0 Å². The maximum Gasteiger partial charge on any atom is 0.225 e. The Hall–Kier alpha value is -1.16. The molecule has 1 aliphatic heterocycles. The van der Waals surface area contributed by atoms with Crippen LogP contribution in [-0.4, -0.2) is 67.1 Å². The standard InChI is InChI=1S/C23H36N4O2S.HI/c1-3-20(29-21-7-5-4-6-8-21)17-25-23(24-2)26-19-11-9-18(10-12-19)22(28)27-13-15-30-16-14-27;/h4-8,18-20H,3,9-17H2,1-2H3,(H2,24,25,26);1H. The van der Waals surface area contributed by atoms with Crippen LogP contribution in [0.1, 0.15) is 39.0 Å². The van der Waals surface area contributed by atoms with Crippen molar-refractivity contribution in [3.05, 3.63) is 30.3 Å². The van der Waals surface area contributed by atoms with Crippen LogP contribution in [0.3, 0.4) is 0 Å². The molecule has 2 fully saturated rings. The summed E-state index contributed by atoms with van der Waals surface area (Å²) in [5.74, 6) is 4.44. The minimum atomic E-state index is 0. The smallest absolute Gasteiger partial charge is 0.225 e. The van der Waals surface area contributed by atoms with E-state index in [-0.39, 0.29) is 36.0 Å². The normalized spacial score (nSPS) is 22.8. The molecule has 0 aromatic heterocycles. The number of hydrogen-bond donors (Lipinski definition) is 2. The van der Waals surface area contributed by atoms with Gasteiger partial charge in [-0.2, -0.15) is 11.8 Å². The summed E-state index contributed by atoms with van der Waals surface area (Å²) in [5.41, 5.74) is 0. The fourth-order valence-electron chi connectivity index (χ4n) is 4.09. The topological polar surface area (TPSA) is 66.0 Å². The lowest BCUT2D eigenvalue weighted by atomic mass is 9.85. The van der Waals surface area contributed by atoms with Crippen molar-refractivity contribution in [3.63, 3.8) is 0 Å². The molecule has 0 bridgehead atoms. The number of carbonyl (C=O) groups is 1. The zero-order valence-corrected chi connectivity index (χ0v) is 21.9. The van der Waals surface area contributed by atoms with Gasteiger partial charge in [0, 0.05) is 43.6 Å². The number of halogens is 1. The summed E-state index contributed by atoms with van der Waals surface area (Å²) in [6.45, 7) is 4.67. The maximum atomic E-state index is 12.7. The lowest BCUT2D eigenvalue weighted by Crippen LogP contribution is -2.48. The third-order valence-electron chi connectivity index (χ3n) is 5.96. The number of aliphatic imine (C=N–C) groups is 1. The van der Waals surface area contributed by atoms with E-state index in [1.54, 1.807) is 7.05 Å². The SMILES string of the molecule is CCC(CNC(=NC)NC1CCC(C(=O)N2CCSCC2)CC1)Oc1ccccc1.I. The van der Waals surface area contributed by atoms with E-state index in [0.717, 1.165) is 68.4 Å². The van der Waals surface area contributed by atoms with E-state index in [1.165, 1.54) is 0 Å². The summed E-state index contributed by atoms with van der Waals surface area (Å²) >= 11 is 1.95. The molecule has 1 unspecified atom stereocenters. The Morgan fingerprint density at radius 3 is 2.48 bits per heavy atom. The fraction of sp³-hybridized carbons (Fsp3) is 0.652. The Labute approximate surface area is 208 Å². The number of thioether (sulfide) groups is 1. The molecule has 1 atom stereocenters. The number of hydrogen-bond acceptors (Lipinski definition) is 4. The molecule has 2 aliphatic rings. The van der Waals surface area contributed by atoms with Gasteiger partial charge < -0.3 is 20.3 Å². The zero-order chi connectivity index (χ0) is 21.2. The average Bonchev–Trinajstić information content (AvgIpc) is 2.82. The molecule has 1 aliphatic carbocycles. The molecule has 0 radical (unpaired) electrons. The van der Waals surface area contributed by atoms with Crippen molar-refractivity contribution in [1.82, 2.24) is 15.5 Å². The minimum absolute atomic E-state index is 0. The van der Waals surface area contributed by atoms with E-state index >= 15 is 0 Å². The fourth-order valence-corrected chi connectivity index (χ4v) is 4.99. The summed E-state index contributed by atoms with van der Waals surface area (Å²) in [6, 6.07) is 10.3. The highest BCUT2D eigenvalue weighted by atomic mass is 127. The molecule has 31 heavy (non-hydrogen) atoms. The first-order chi connectivity index (χ1) is 14.7. The second-order valence-electron chi connectivity index (χ2n) is 8.04. The average molecular weight is 561 g/mol. The van der Waals surface area contributed by atoms with Gasteiger partial charge in [0.15, 0.2) is 5.96 Å². The largest absolute Gasteiger partial charge is 0.489 e. The number of benzene rings is 1. The van der Waals surface area contributed by atoms with Crippen LogP contribution in [0.2, 0.25) is 0 Å². The number of ether oxygens (including phenoxy) is 1. The van der Waals surface area contributed by atoms with Gasteiger partial charge in [0.1, 0.15) is 11.9 Å². The predicted octanol–water partition coefficient (Wildman–Crippen LogP) is 3.76. The highest BCUT2D eigenvalue weighted by molar-refractivity contribution is 14.0. The van der Waals surface area contributed by atoms with Gasteiger partial charge in [0.25, 0.3) is 0 Å². The Balaban J connectivity index is 0.00000341. The summed E-state index contributed by atoms with van der Waals surface area (Å²) in [6.07, 6.45) is 4.95. The molecular weight excluding hydrogens is 523 g/mol. The number of nitrogens with zero attached hydrogens (tertiary/aromatic N) is 2. The van der Waals surface area contributed by atoms with Crippen molar-refractivity contribution >= 4 is 47.6 Å². The van der Waals surface area contributed by atoms with Crippen molar-refractivity contribution in [1.29, 1.82) is 0 Å². The molecule has 1 heterocycles. The second kappa shape index (κ2) is 14.1. The molecule has 2 N–H and O–H groups in total. The number of rotatable bonds is 7. The maximum absolute atomic E-state index is 12.7. The highest BCUT2D eigenvalue weighted by Crippen LogP contribution is 2.27. The number of nitrogens with one attached hydrogen (secondary N) is 2. The van der Waals surface area contributed by atoms with E-state index < -0.39 is 0 Å². The molecule has 1 aromatic rings. The van der Waals surface area contributed by atoms with Gasteiger partial charge in [0.2, 0.25) is 5.91 Å². The monoisotopic (exact) mass is 560 g/mol. The van der Waals surface area contributed by atoms with Crippen molar-refractivity contribution < 1.29 is 9.53 Å². The molecule has 3 rings (SSSR count). The Kier molecular flexibility index (Phi) is 11.9. The molecule has 0 spiro atoms. The molecule has 8 heteroatoms. The number of guanidine groups is 1. The van der Waals surface area contributed by atoms with Crippen molar-refractivity contribution in [2.24, 2.45) is 10.9 Å². The van der Waals surface area contributed by atoms with Gasteiger partial charge in [-0.05, 0) is 44.2 Å². The Bertz CT molecular complexity index is 677.